The number of carbonyl (C=O) groups excluding carboxylic acids is 2. The molecule has 0 fully saturated rings. The second-order valence-corrected chi connectivity index (χ2v) is 15.0. The Bertz CT molecular complexity index is 2770. The van der Waals surface area contributed by atoms with E-state index in [2.05, 4.69) is 27.0 Å². The molecule has 13 nitrogen and oxygen atoms in total. The van der Waals surface area contributed by atoms with Gasteiger partial charge < -0.3 is 44.3 Å². The highest BCUT2D eigenvalue weighted by Gasteiger charge is 2.61. The number of H-pyrrole nitrogens is 1. The number of ether oxygens (including phenoxy) is 2. The van der Waals surface area contributed by atoms with Crippen molar-refractivity contribution in [2.45, 2.75) is 50.6 Å². The van der Waals surface area contributed by atoms with Crippen LogP contribution in [0.3, 0.4) is 0 Å². The van der Waals surface area contributed by atoms with Gasteiger partial charge in [0.05, 0.1) is 11.7 Å². The van der Waals surface area contributed by atoms with Crippen LogP contribution in [-0.2, 0) is 28.0 Å². The fourth-order valence-electron chi connectivity index (χ4n) is 8.81. The molecule has 11 rings (SSSR count). The zero-order valence-corrected chi connectivity index (χ0v) is 30.2. The number of nitrogens with one attached hydrogen (secondary N) is 4. The van der Waals surface area contributed by atoms with E-state index < -0.39 is 35.7 Å². The third-order valence-electron chi connectivity index (χ3n) is 11.4. The van der Waals surface area contributed by atoms with Crippen LogP contribution >= 0.6 is 0 Å². The molecule has 2 amide bonds. The number of rotatable bonds is 4. The Balaban J connectivity index is 1.14. The van der Waals surface area contributed by atoms with Gasteiger partial charge in [0.25, 0.3) is 0 Å². The van der Waals surface area contributed by atoms with Crippen molar-refractivity contribution in [1.82, 2.24) is 25.6 Å². The summed E-state index contributed by atoms with van der Waals surface area (Å²) >= 11 is 0. The fourth-order valence-corrected chi connectivity index (χ4v) is 8.81. The summed E-state index contributed by atoms with van der Waals surface area (Å²) in [6, 6.07) is 23.1. The van der Waals surface area contributed by atoms with E-state index in [9.17, 15) is 14.7 Å². The van der Waals surface area contributed by atoms with E-state index in [-0.39, 0.29) is 36.5 Å². The lowest BCUT2D eigenvalue weighted by Gasteiger charge is -2.28. The lowest BCUT2D eigenvalue weighted by atomic mass is 9.72. The molecule has 0 aliphatic carbocycles. The van der Waals surface area contributed by atoms with Crippen molar-refractivity contribution in [3.05, 3.63) is 125 Å². The van der Waals surface area contributed by atoms with Crippen molar-refractivity contribution in [1.29, 1.82) is 0 Å². The number of aromatic amines is 1. The summed E-state index contributed by atoms with van der Waals surface area (Å²) in [7, 11) is 0. The van der Waals surface area contributed by atoms with Crippen LogP contribution in [0.5, 0.6) is 11.5 Å². The molecule has 10 bridgehead atoms. The lowest BCUT2D eigenvalue weighted by molar-refractivity contribution is -0.124. The molecule has 56 heavy (non-hydrogen) atoms. The third-order valence-corrected chi connectivity index (χ3v) is 11.4. The van der Waals surface area contributed by atoms with Crippen LogP contribution in [0, 0.1) is 5.92 Å². The third kappa shape index (κ3) is 4.54. The smallest absolute Gasteiger partial charge is 0.408 e. The molecule has 13 heteroatoms. The largest absolute Gasteiger partial charge is 0.506 e. The number of aromatic hydroxyl groups is 1. The average Bonchev–Trinajstić information content (AvgIpc) is 4.03. The maximum Gasteiger partial charge on any atom is 0.408 e. The van der Waals surface area contributed by atoms with Crippen LogP contribution in [0.15, 0.2) is 100 Å². The molecule has 7 aromatic rings. The fraction of sp³-hybridized carbons (Fsp3) is 0.209. The molecule has 5 N–H and O–H groups in total. The van der Waals surface area contributed by atoms with Crippen molar-refractivity contribution in [2.75, 3.05) is 5.32 Å². The van der Waals surface area contributed by atoms with Gasteiger partial charge in [0.1, 0.15) is 35.6 Å². The molecule has 4 aromatic carbocycles. The van der Waals surface area contributed by atoms with Crippen LogP contribution in [-0.4, -0.2) is 44.3 Å². The maximum atomic E-state index is 14.3. The minimum atomic E-state index is -1.11. The van der Waals surface area contributed by atoms with E-state index in [1.165, 1.54) is 0 Å². The van der Waals surface area contributed by atoms with Gasteiger partial charge in [0.15, 0.2) is 23.4 Å². The Morgan fingerprint density at radius 2 is 1.88 bits per heavy atom. The number of oxazole rings is 2. The van der Waals surface area contributed by atoms with Crippen LogP contribution < -0.4 is 20.7 Å². The first kappa shape index (κ1) is 32.4. The second kappa shape index (κ2) is 11.7. The summed E-state index contributed by atoms with van der Waals surface area (Å²) < 4.78 is 26.0. The van der Waals surface area contributed by atoms with E-state index in [0.29, 0.717) is 34.0 Å². The van der Waals surface area contributed by atoms with Crippen molar-refractivity contribution in [3.8, 4) is 45.5 Å². The Morgan fingerprint density at radius 3 is 2.73 bits per heavy atom. The molecular formula is C43H34N6O7. The number of hydrogen-bond acceptors (Lipinski definition) is 10. The van der Waals surface area contributed by atoms with Crippen molar-refractivity contribution < 1.29 is 33.0 Å². The number of phenols is 1. The number of fused-ring (bicyclic) bond motifs is 7. The molecule has 278 valence electrons. The Kier molecular flexibility index (Phi) is 6.79. The number of alkyl carbamates (subject to hydrolysis) is 1. The van der Waals surface area contributed by atoms with Gasteiger partial charge in [-0.3, -0.25) is 4.79 Å². The summed E-state index contributed by atoms with van der Waals surface area (Å²) in [6.07, 6.45) is 2.20. The first-order valence-electron chi connectivity index (χ1n) is 18.6. The first-order valence-corrected chi connectivity index (χ1v) is 18.6. The average molecular weight is 747 g/mol. The van der Waals surface area contributed by atoms with E-state index in [1.54, 1.807) is 18.5 Å². The number of aromatic nitrogens is 3. The first-order chi connectivity index (χ1) is 27.3. The highest BCUT2D eigenvalue weighted by Crippen LogP contribution is 2.61. The van der Waals surface area contributed by atoms with Gasteiger partial charge in [-0.1, -0.05) is 74.5 Å². The molecule has 3 unspecified atom stereocenters. The van der Waals surface area contributed by atoms with Gasteiger partial charge in [0, 0.05) is 45.9 Å². The molecule has 0 radical (unpaired) electrons. The van der Waals surface area contributed by atoms with Gasteiger partial charge in [0.2, 0.25) is 17.7 Å². The molecule has 7 heterocycles. The number of nitrogens with zero attached hydrogens (tertiary/aromatic N) is 2. The van der Waals surface area contributed by atoms with Crippen LogP contribution in [0.25, 0.3) is 44.9 Å². The number of carbonyl (C=O) groups is 2. The van der Waals surface area contributed by atoms with Gasteiger partial charge in [-0.15, -0.1) is 0 Å². The molecule has 4 aliphatic rings. The van der Waals surface area contributed by atoms with Gasteiger partial charge >= 0.3 is 6.09 Å². The summed E-state index contributed by atoms with van der Waals surface area (Å²) in [6.45, 7) is 3.98. The van der Waals surface area contributed by atoms with Gasteiger partial charge in [-0.25, -0.2) is 14.8 Å². The zero-order chi connectivity index (χ0) is 37.9. The van der Waals surface area contributed by atoms with Crippen molar-refractivity contribution in [2.24, 2.45) is 5.92 Å². The molecule has 3 aromatic heterocycles. The summed E-state index contributed by atoms with van der Waals surface area (Å²) in [5.74, 6) is 1.50. The number of para-hydroxylation sites is 1. The normalized spacial score (nSPS) is 21.0. The SMILES string of the molecule is CC(C)C1NC(=O)[C@@H](NC(=O)OCc2ccccc2)Cc2ccc3c(c2)C24c5cccc(c5NC2O3)-c2ccc(O)c3[nH]cc(c23)-c2cnc(o2)-c2nc1oc24. The van der Waals surface area contributed by atoms with Crippen LogP contribution in [0.1, 0.15) is 53.8 Å². The van der Waals surface area contributed by atoms with E-state index >= 15 is 0 Å². The van der Waals surface area contributed by atoms with Crippen molar-refractivity contribution in [3.63, 3.8) is 0 Å². The highest BCUT2D eigenvalue weighted by atomic mass is 16.5. The van der Waals surface area contributed by atoms with Gasteiger partial charge in [-0.05, 0) is 40.8 Å². The van der Waals surface area contributed by atoms with Gasteiger partial charge in [-0.2, -0.15) is 0 Å². The molecule has 0 saturated carbocycles. The monoisotopic (exact) mass is 746 g/mol. The summed E-state index contributed by atoms with van der Waals surface area (Å²) in [4.78, 5) is 40.6. The number of phenolic OH excluding ortho intramolecular Hbond substituents is 1. The Morgan fingerprint density at radius 1 is 1.00 bits per heavy atom. The quantitative estimate of drug-likeness (QED) is 0.123. The summed E-state index contributed by atoms with van der Waals surface area (Å²) in [5.41, 5.74) is 6.40. The van der Waals surface area contributed by atoms with Crippen molar-refractivity contribution >= 4 is 28.6 Å². The number of hydrogen-bond donors (Lipinski definition) is 5. The Hall–Kier alpha value is -7.02. The van der Waals surface area contributed by atoms with E-state index in [1.807, 2.05) is 80.6 Å². The zero-order valence-electron chi connectivity index (χ0n) is 30.2. The predicted molar refractivity (Wildman–Crippen MR) is 204 cm³/mol. The van der Waals surface area contributed by atoms with E-state index in [4.69, 9.17) is 28.3 Å². The highest BCUT2D eigenvalue weighted by molar-refractivity contribution is 6.09. The van der Waals surface area contributed by atoms with Crippen LogP contribution in [0.2, 0.25) is 0 Å². The maximum absolute atomic E-state index is 14.3. The number of amides is 2. The number of benzene rings is 4. The molecule has 4 atom stereocenters. The minimum Gasteiger partial charge on any atom is -0.506 e. The molecule has 1 spiro atoms. The van der Waals surface area contributed by atoms with E-state index in [0.717, 1.165) is 44.5 Å². The molecular weight excluding hydrogens is 713 g/mol. The topological polar surface area (TPSA) is 177 Å². The molecule has 0 saturated heterocycles. The van der Waals surface area contributed by atoms with Crippen LogP contribution in [0.4, 0.5) is 10.5 Å². The standard InChI is InChI=1S/C43H34N6O7/c1-20(2)33-40-48-36-37(56-40)43-26-10-6-9-24(23-12-13-29(50)35-32(23)25(17-44-35)31-18-45-39(36)54-31)34(26)49-41(43)55-30-14-11-22(15-27(30)43)16-28(38(51)47-33)46-42(52)53-19-21-7-4-3-5-8-21/h3-15,17-18,20,28,33,41,44,49-50H,16,19H2,1-2H3,(H,46,52)(H,47,51)/t28-,33?,41?,43?/m0/s1. The Labute approximate surface area is 319 Å². The lowest BCUT2D eigenvalue weighted by Crippen LogP contribution is -2.49. The minimum absolute atomic E-state index is 0.0509. The molecule has 4 aliphatic heterocycles. The number of anilines is 1. The predicted octanol–water partition coefficient (Wildman–Crippen LogP) is 7.31. The summed E-state index contributed by atoms with van der Waals surface area (Å²) in [5, 5.41) is 21.4. The second-order valence-electron chi connectivity index (χ2n) is 15.0.